The minimum Gasteiger partial charge on any atom is -0.507 e. The quantitative estimate of drug-likeness (QED) is 0.589. The molecule has 0 amide bonds. The second kappa shape index (κ2) is 6.80. The Morgan fingerprint density at radius 3 is 2.54 bits per heavy atom. The molecule has 3 rings (SSSR count). The number of halogens is 1. The number of rotatable bonds is 5. The average molecular weight is 388 g/mol. The van der Waals surface area contributed by atoms with Gasteiger partial charge in [-0.15, -0.1) is 0 Å². The molecule has 0 saturated heterocycles. The lowest BCUT2D eigenvalue weighted by atomic mass is 10.1. The van der Waals surface area contributed by atoms with Crippen molar-refractivity contribution in [2.75, 3.05) is 5.32 Å². The maximum atomic E-state index is 11.1. The molecule has 0 unspecified atom stereocenters. The standard InChI is InChI=1S/C18H14BrNO4/c19-12-2-4-13(5-3-12)20-10-14-6-8-17(24-14)11-1-7-16(21)15(9-11)18(22)23/h1-9,20-21H,10H2,(H,22,23). The number of aromatic hydroxyl groups is 1. The number of carbonyl (C=O) groups is 1. The van der Waals surface area contributed by atoms with Crippen LogP contribution in [0.4, 0.5) is 5.69 Å². The van der Waals surface area contributed by atoms with Crippen LogP contribution in [-0.4, -0.2) is 16.2 Å². The zero-order valence-corrected chi connectivity index (χ0v) is 14.1. The first-order valence-corrected chi connectivity index (χ1v) is 7.97. The van der Waals surface area contributed by atoms with Crippen molar-refractivity contribution in [2.45, 2.75) is 6.54 Å². The lowest BCUT2D eigenvalue weighted by Crippen LogP contribution is -1.97. The third-order valence-corrected chi connectivity index (χ3v) is 4.01. The molecular weight excluding hydrogens is 374 g/mol. The summed E-state index contributed by atoms with van der Waals surface area (Å²) >= 11 is 3.39. The van der Waals surface area contributed by atoms with E-state index in [9.17, 15) is 9.90 Å². The molecule has 0 radical (unpaired) electrons. The van der Waals surface area contributed by atoms with Crippen molar-refractivity contribution in [3.63, 3.8) is 0 Å². The van der Waals surface area contributed by atoms with E-state index >= 15 is 0 Å². The van der Waals surface area contributed by atoms with Gasteiger partial charge in [-0.25, -0.2) is 4.79 Å². The summed E-state index contributed by atoms with van der Waals surface area (Å²) in [7, 11) is 0. The van der Waals surface area contributed by atoms with Gasteiger partial charge < -0.3 is 19.9 Å². The molecule has 0 aliphatic heterocycles. The number of furan rings is 1. The SMILES string of the molecule is O=C(O)c1cc(-c2ccc(CNc3ccc(Br)cc3)o2)ccc1O. The smallest absolute Gasteiger partial charge is 0.339 e. The van der Waals surface area contributed by atoms with E-state index in [1.54, 1.807) is 12.1 Å². The molecular formula is C18H14BrNO4. The predicted octanol–water partition coefficient (Wildman–Crippen LogP) is 4.73. The summed E-state index contributed by atoms with van der Waals surface area (Å²) in [5, 5.41) is 21.9. The summed E-state index contributed by atoms with van der Waals surface area (Å²) in [6, 6.07) is 15.8. The second-order valence-corrected chi connectivity index (χ2v) is 6.08. The molecule has 3 N–H and O–H groups in total. The Balaban J connectivity index is 1.74. The highest BCUT2D eigenvalue weighted by atomic mass is 79.9. The first kappa shape index (κ1) is 16.1. The molecule has 1 aromatic heterocycles. The molecule has 3 aromatic rings. The lowest BCUT2D eigenvalue weighted by molar-refractivity contribution is 0.0694. The second-order valence-electron chi connectivity index (χ2n) is 5.16. The van der Waals surface area contributed by atoms with E-state index in [-0.39, 0.29) is 11.3 Å². The Hall–Kier alpha value is -2.73. The van der Waals surface area contributed by atoms with Crippen LogP contribution in [0.2, 0.25) is 0 Å². The molecule has 6 heteroatoms. The molecule has 0 atom stereocenters. The number of carboxylic acids is 1. The highest BCUT2D eigenvalue weighted by molar-refractivity contribution is 9.10. The average Bonchev–Trinajstić information content (AvgIpc) is 3.03. The summed E-state index contributed by atoms with van der Waals surface area (Å²) in [5.74, 6) is -0.184. The fourth-order valence-corrected chi connectivity index (χ4v) is 2.51. The van der Waals surface area contributed by atoms with E-state index < -0.39 is 5.97 Å². The zero-order chi connectivity index (χ0) is 17.1. The highest BCUT2D eigenvalue weighted by Gasteiger charge is 2.13. The van der Waals surface area contributed by atoms with Crippen LogP contribution in [0.25, 0.3) is 11.3 Å². The summed E-state index contributed by atoms with van der Waals surface area (Å²) in [6.07, 6.45) is 0. The van der Waals surface area contributed by atoms with Gasteiger partial charge in [0.25, 0.3) is 0 Å². The van der Waals surface area contributed by atoms with E-state index in [1.807, 2.05) is 30.3 Å². The van der Waals surface area contributed by atoms with Gasteiger partial charge in [-0.3, -0.25) is 0 Å². The maximum Gasteiger partial charge on any atom is 0.339 e. The number of aromatic carboxylic acids is 1. The van der Waals surface area contributed by atoms with Crippen molar-refractivity contribution >= 4 is 27.6 Å². The number of hydrogen-bond acceptors (Lipinski definition) is 4. The van der Waals surface area contributed by atoms with E-state index in [0.717, 1.165) is 15.9 Å². The van der Waals surface area contributed by atoms with Gasteiger partial charge in [0.05, 0.1) is 6.54 Å². The Kier molecular flexibility index (Phi) is 4.57. The molecule has 0 bridgehead atoms. The van der Waals surface area contributed by atoms with Crippen molar-refractivity contribution < 1.29 is 19.4 Å². The summed E-state index contributed by atoms with van der Waals surface area (Å²) in [4.78, 5) is 11.1. The van der Waals surface area contributed by atoms with E-state index in [0.29, 0.717) is 17.9 Å². The third kappa shape index (κ3) is 3.60. The maximum absolute atomic E-state index is 11.1. The molecule has 0 aliphatic rings. The number of benzene rings is 2. The van der Waals surface area contributed by atoms with Crippen LogP contribution in [-0.2, 0) is 6.54 Å². The van der Waals surface area contributed by atoms with Gasteiger partial charge in [0, 0.05) is 15.7 Å². The van der Waals surface area contributed by atoms with Crippen molar-refractivity contribution in [3.05, 3.63) is 70.4 Å². The Labute approximate surface area is 146 Å². The minimum absolute atomic E-state index is 0.154. The molecule has 122 valence electrons. The number of anilines is 1. The Morgan fingerprint density at radius 1 is 1.08 bits per heavy atom. The number of carboxylic acid groups (broad SMARTS) is 1. The largest absolute Gasteiger partial charge is 0.507 e. The van der Waals surface area contributed by atoms with Crippen molar-refractivity contribution in [1.29, 1.82) is 0 Å². The molecule has 5 nitrogen and oxygen atoms in total. The Bertz CT molecular complexity index is 871. The van der Waals surface area contributed by atoms with Crippen LogP contribution in [0, 0.1) is 0 Å². The fourth-order valence-electron chi connectivity index (χ4n) is 2.25. The van der Waals surface area contributed by atoms with Gasteiger partial charge in [-0.05, 0) is 54.6 Å². The van der Waals surface area contributed by atoms with Crippen LogP contribution >= 0.6 is 15.9 Å². The normalized spacial score (nSPS) is 10.5. The van der Waals surface area contributed by atoms with E-state index in [2.05, 4.69) is 21.2 Å². The summed E-state index contributed by atoms with van der Waals surface area (Å²) in [6.45, 7) is 0.505. The first-order valence-electron chi connectivity index (χ1n) is 7.18. The van der Waals surface area contributed by atoms with Crippen molar-refractivity contribution in [2.24, 2.45) is 0 Å². The zero-order valence-electron chi connectivity index (χ0n) is 12.5. The minimum atomic E-state index is -1.18. The first-order chi connectivity index (χ1) is 11.5. The predicted molar refractivity (Wildman–Crippen MR) is 94.2 cm³/mol. The molecule has 0 fully saturated rings. The van der Waals surface area contributed by atoms with Gasteiger partial charge in [-0.1, -0.05) is 15.9 Å². The molecule has 0 spiro atoms. The van der Waals surface area contributed by atoms with Crippen LogP contribution in [0.15, 0.2) is 63.5 Å². The van der Waals surface area contributed by atoms with E-state index in [4.69, 9.17) is 9.52 Å². The van der Waals surface area contributed by atoms with Crippen LogP contribution in [0.1, 0.15) is 16.1 Å². The number of phenols is 1. The summed E-state index contributed by atoms with van der Waals surface area (Å²) < 4.78 is 6.75. The highest BCUT2D eigenvalue weighted by Crippen LogP contribution is 2.28. The lowest BCUT2D eigenvalue weighted by Gasteiger charge is -2.05. The van der Waals surface area contributed by atoms with Gasteiger partial charge in [-0.2, -0.15) is 0 Å². The van der Waals surface area contributed by atoms with Crippen LogP contribution in [0.3, 0.4) is 0 Å². The van der Waals surface area contributed by atoms with Crippen LogP contribution < -0.4 is 5.32 Å². The topological polar surface area (TPSA) is 82.7 Å². The van der Waals surface area contributed by atoms with Crippen LogP contribution in [0.5, 0.6) is 5.75 Å². The van der Waals surface area contributed by atoms with Gasteiger partial charge in [0.15, 0.2) is 0 Å². The fraction of sp³-hybridized carbons (Fsp3) is 0.0556. The van der Waals surface area contributed by atoms with E-state index in [1.165, 1.54) is 12.1 Å². The van der Waals surface area contributed by atoms with Gasteiger partial charge in [0.2, 0.25) is 0 Å². The monoisotopic (exact) mass is 387 g/mol. The third-order valence-electron chi connectivity index (χ3n) is 3.48. The van der Waals surface area contributed by atoms with Crippen molar-refractivity contribution in [1.82, 2.24) is 0 Å². The molecule has 0 saturated carbocycles. The van der Waals surface area contributed by atoms with Crippen molar-refractivity contribution in [3.8, 4) is 17.1 Å². The molecule has 2 aromatic carbocycles. The number of hydrogen-bond donors (Lipinski definition) is 3. The molecule has 0 aliphatic carbocycles. The number of nitrogens with one attached hydrogen (secondary N) is 1. The Morgan fingerprint density at radius 2 is 1.83 bits per heavy atom. The summed E-state index contributed by atoms with van der Waals surface area (Å²) in [5.41, 5.74) is 1.41. The van der Waals surface area contributed by atoms with Gasteiger partial charge in [0.1, 0.15) is 22.8 Å². The molecule has 1 heterocycles. The van der Waals surface area contributed by atoms with Gasteiger partial charge >= 0.3 is 5.97 Å². The molecule has 24 heavy (non-hydrogen) atoms.